The van der Waals surface area contributed by atoms with E-state index in [4.69, 9.17) is 17.2 Å². The largest absolute Gasteiger partial charge is 0.371 e. The van der Waals surface area contributed by atoms with E-state index in [0.717, 1.165) is 6.61 Å². The van der Waals surface area contributed by atoms with E-state index in [1.165, 1.54) is 0 Å². The van der Waals surface area contributed by atoms with Crippen LogP contribution in [-0.4, -0.2) is 27.3 Å². The second kappa shape index (κ2) is 3.41. The van der Waals surface area contributed by atoms with Gasteiger partial charge in [0, 0.05) is 0 Å². The van der Waals surface area contributed by atoms with Gasteiger partial charge in [-0.25, -0.2) is 0 Å². The van der Waals surface area contributed by atoms with Gasteiger partial charge in [-0.05, 0) is 0 Å². The fourth-order valence-corrected chi connectivity index (χ4v) is 0.693. The average Bonchev–Trinajstić information content (AvgIpc) is 2.51. The molecule has 0 spiro atoms. The third-order valence-electron chi connectivity index (χ3n) is 0.803. The molecule has 1 aliphatic heterocycles. The Hall–Kier alpha value is 0.375. The molecule has 1 heterocycles. The van der Waals surface area contributed by atoms with Crippen LogP contribution < -0.4 is 5.00 Å². The molecule has 1 rings (SSSR count). The smallest absolute Gasteiger partial charge is 0.186 e. The van der Waals surface area contributed by atoms with Gasteiger partial charge in [0.1, 0.15) is 6.10 Å². The van der Waals surface area contributed by atoms with Crippen LogP contribution in [-0.2, 0) is 9.26 Å². The molecule has 2 radical (unpaired) electrons. The molecule has 1 fully saturated rings. The second-order valence-electron chi connectivity index (χ2n) is 1.51. The Bertz CT molecular complexity index is 70.3. The van der Waals surface area contributed by atoms with Crippen LogP contribution in [0.1, 0.15) is 0 Å². The van der Waals surface area contributed by atoms with E-state index in [1.807, 2.05) is 0 Å². The van der Waals surface area contributed by atoms with Crippen LogP contribution in [0.25, 0.3) is 0 Å². The number of hydrogen-bond donors (Lipinski definition) is 1. The minimum Gasteiger partial charge on any atom is -0.371 e. The molecular weight excluding hydrogens is 124 g/mol. The Labute approximate surface area is 51.5 Å². The van der Waals surface area contributed by atoms with Gasteiger partial charge in [-0.2, -0.15) is 0 Å². The molecule has 0 bridgehead atoms. The lowest BCUT2D eigenvalue weighted by Crippen LogP contribution is -1.99. The highest BCUT2D eigenvalue weighted by Crippen LogP contribution is 2.13. The Balaban J connectivity index is 1.74. The first-order valence-electron chi connectivity index (χ1n) is 2.37. The van der Waals surface area contributed by atoms with Crippen molar-refractivity contribution in [2.75, 3.05) is 13.2 Å². The molecule has 0 aliphatic carbocycles. The molecular formula is C3H7BNO2P. The first kappa shape index (κ1) is 6.49. The Kier molecular flexibility index (Phi) is 2.77. The van der Waals surface area contributed by atoms with Crippen molar-refractivity contribution >= 4 is 16.9 Å². The summed E-state index contributed by atoms with van der Waals surface area (Å²) < 4.78 is 9.84. The van der Waals surface area contributed by atoms with Crippen molar-refractivity contribution in [3.05, 3.63) is 0 Å². The van der Waals surface area contributed by atoms with Crippen molar-refractivity contribution < 1.29 is 9.26 Å². The molecule has 1 unspecified atom stereocenters. The summed E-state index contributed by atoms with van der Waals surface area (Å²) >= 11 is 0. The lowest BCUT2D eigenvalue weighted by Gasteiger charge is -1.96. The van der Waals surface area contributed by atoms with Crippen LogP contribution >= 0.6 is 8.96 Å². The van der Waals surface area contributed by atoms with Gasteiger partial charge in [-0.15, -0.1) is 0 Å². The van der Waals surface area contributed by atoms with E-state index >= 15 is 0 Å². The second-order valence-corrected chi connectivity index (χ2v) is 2.29. The van der Waals surface area contributed by atoms with Crippen molar-refractivity contribution in [3.8, 4) is 0 Å². The van der Waals surface area contributed by atoms with Crippen molar-refractivity contribution in [1.82, 2.24) is 5.00 Å². The van der Waals surface area contributed by atoms with Crippen LogP contribution in [0.3, 0.4) is 0 Å². The first-order valence-corrected chi connectivity index (χ1v) is 3.28. The number of epoxide rings is 1. The van der Waals surface area contributed by atoms with Gasteiger partial charge in [0.25, 0.3) is 0 Å². The third-order valence-corrected chi connectivity index (χ3v) is 1.23. The molecule has 1 saturated heterocycles. The topological polar surface area (TPSA) is 33.8 Å². The minimum atomic E-state index is 0.195. The van der Waals surface area contributed by atoms with Crippen molar-refractivity contribution in [2.24, 2.45) is 0 Å². The summed E-state index contributed by atoms with van der Waals surface area (Å²) in [4.78, 5) is 2.40. The van der Waals surface area contributed by atoms with Gasteiger partial charge in [-0.1, -0.05) is 0 Å². The third kappa shape index (κ3) is 2.63. The van der Waals surface area contributed by atoms with E-state index in [9.17, 15) is 0 Å². The zero-order chi connectivity index (χ0) is 5.82. The van der Waals surface area contributed by atoms with Crippen molar-refractivity contribution in [2.45, 2.75) is 6.10 Å². The maximum Gasteiger partial charge on any atom is 0.186 e. The zero-order valence-electron chi connectivity index (χ0n) is 4.39. The molecule has 0 saturated carbocycles. The summed E-state index contributed by atoms with van der Waals surface area (Å²) in [7, 11) is 5.13. The van der Waals surface area contributed by atoms with E-state index in [-0.39, 0.29) is 8.96 Å². The maximum absolute atomic E-state index is 4.97. The molecule has 3 nitrogen and oxygen atoms in total. The van der Waals surface area contributed by atoms with Gasteiger partial charge in [0.2, 0.25) is 0 Å². The molecule has 1 N–H and O–H groups in total. The fourth-order valence-electron chi connectivity index (χ4n) is 0.341. The summed E-state index contributed by atoms with van der Waals surface area (Å²) in [6, 6.07) is 0. The molecule has 8 heavy (non-hydrogen) atoms. The number of hydrogen-bond acceptors (Lipinski definition) is 3. The summed E-state index contributed by atoms with van der Waals surface area (Å²) in [6.07, 6.45) is 0.343. The maximum atomic E-state index is 4.97. The van der Waals surface area contributed by atoms with Crippen LogP contribution in [0.2, 0.25) is 0 Å². The number of rotatable bonds is 4. The van der Waals surface area contributed by atoms with Crippen LogP contribution in [0.4, 0.5) is 0 Å². The van der Waals surface area contributed by atoms with E-state index in [1.54, 1.807) is 0 Å². The molecule has 0 amide bonds. The first-order chi connectivity index (χ1) is 3.93. The molecule has 0 aromatic heterocycles. The summed E-state index contributed by atoms with van der Waals surface area (Å²) in [5.74, 6) is 0. The van der Waals surface area contributed by atoms with Gasteiger partial charge in [0.15, 0.2) is 7.98 Å². The standard InChI is InChI=1S/C3H7BNO2P/c4-5-8-7-2-3-1-6-3/h3,5,8H,1-2H2/t3-/m1/s1. The molecule has 44 valence electrons. The van der Waals surface area contributed by atoms with Crippen molar-refractivity contribution in [1.29, 1.82) is 0 Å². The number of ether oxygens (including phenoxy) is 1. The molecule has 5 heteroatoms. The van der Waals surface area contributed by atoms with Gasteiger partial charge in [0.05, 0.1) is 22.2 Å². The average molecular weight is 131 g/mol. The van der Waals surface area contributed by atoms with E-state index in [0.29, 0.717) is 12.7 Å². The highest BCUT2D eigenvalue weighted by molar-refractivity contribution is 7.31. The normalized spacial score (nSPS) is 27.2. The van der Waals surface area contributed by atoms with Crippen molar-refractivity contribution in [3.63, 3.8) is 0 Å². The summed E-state index contributed by atoms with van der Waals surface area (Å²) in [5.41, 5.74) is 0. The number of nitrogens with one attached hydrogen (secondary N) is 1. The molecule has 1 aliphatic rings. The fraction of sp³-hybridized carbons (Fsp3) is 1.00. The Morgan fingerprint density at radius 2 is 2.75 bits per heavy atom. The lowest BCUT2D eigenvalue weighted by atomic mass is 10.5. The van der Waals surface area contributed by atoms with Gasteiger partial charge < -0.3 is 14.3 Å². The van der Waals surface area contributed by atoms with Gasteiger partial charge in [-0.3, -0.25) is 0 Å². The highest BCUT2D eigenvalue weighted by atomic mass is 31.1. The predicted octanol–water partition coefficient (Wildman–Crippen LogP) is -0.417. The molecule has 0 aromatic carbocycles. The zero-order valence-corrected chi connectivity index (χ0v) is 5.39. The SMILES string of the molecule is [B]NPOC[C@H]1CO1. The predicted molar refractivity (Wildman–Crippen MR) is 32.9 cm³/mol. The molecule has 0 aromatic rings. The quantitative estimate of drug-likeness (QED) is 0.243. The lowest BCUT2D eigenvalue weighted by molar-refractivity contribution is 0.288. The van der Waals surface area contributed by atoms with E-state index < -0.39 is 0 Å². The van der Waals surface area contributed by atoms with Crippen LogP contribution in [0.5, 0.6) is 0 Å². The Morgan fingerprint density at radius 1 is 2.00 bits per heavy atom. The minimum absolute atomic E-state index is 0.195. The summed E-state index contributed by atoms with van der Waals surface area (Å²) in [5, 5.41) is 0. The van der Waals surface area contributed by atoms with Gasteiger partial charge >= 0.3 is 0 Å². The highest BCUT2D eigenvalue weighted by Gasteiger charge is 2.21. The van der Waals surface area contributed by atoms with Crippen LogP contribution in [0.15, 0.2) is 0 Å². The summed E-state index contributed by atoms with van der Waals surface area (Å²) in [6.45, 7) is 1.51. The monoisotopic (exact) mass is 131 g/mol. The van der Waals surface area contributed by atoms with E-state index in [2.05, 4.69) is 5.00 Å². The Morgan fingerprint density at radius 3 is 3.25 bits per heavy atom. The van der Waals surface area contributed by atoms with Crippen LogP contribution in [0, 0.1) is 0 Å². The molecule has 2 atom stereocenters.